The fourth-order valence-corrected chi connectivity index (χ4v) is 3.30. The van der Waals surface area contributed by atoms with Crippen molar-refractivity contribution < 1.29 is 0 Å². The van der Waals surface area contributed by atoms with Gasteiger partial charge in [0.25, 0.3) is 5.56 Å². The molecule has 7 heteroatoms. The maximum Gasteiger partial charge on any atom is 0.330 e. The van der Waals surface area contributed by atoms with Gasteiger partial charge in [-0.2, -0.15) is 11.8 Å². The van der Waals surface area contributed by atoms with E-state index in [9.17, 15) is 9.59 Å². The summed E-state index contributed by atoms with van der Waals surface area (Å²) < 4.78 is 1.42. The predicted octanol–water partition coefficient (Wildman–Crippen LogP) is 0.836. The van der Waals surface area contributed by atoms with Crippen molar-refractivity contribution in [2.45, 2.75) is 38.8 Å². The Balaban J connectivity index is 2.30. The molecule has 106 valence electrons. The number of anilines is 2. The van der Waals surface area contributed by atoms with Gasteiger partial charge in [-0.3, -0.25) is 14.3 Å². The monoisotopic (exact) mass is 284 g/mol. The highest BCUT2D eigenvalue weighted by atomic mass is 32.2. The third-order valence-electron chi connectivity index (χ3n) is 3.20. The minimum absolute atomic E-state index is 0.242. The van der Waals surface area contributed by atoms with Crippen LogP contribution in [0.3, 0.4) is 0 Å². The summed E-state index contributed by atoms with van der Waals surface area (Å²) in [4.78, 5) is 25.9. The van der Waals surface area contributed by atoms with Crippen LogP contribution < -0.4 is 22.3 Å². The van der Waals surface area contributed by atoms with Crippen LogP contribution in [0.25, 0.3) is 0 Å². The Labute approximate surface area is 115 Å². The number of nitrogens with zero attached hydrogens (tertiary/aromatic N) is 1. The molecule has 1 aliphatic rings. The fourth-order valence-electron chi connectivity index (χ4n) is 2.23. The Kier molecular flexibility index (Phi) is 4.57. The normalized spacial score (nSPS) is 19.3. The Morgan fingerprint density at radius 3 is 2.95 bits per heavy atom. The third kappa shape index (κ3) is 3.15. The molecular formula is C12H20N4O2S. The van der Waals surface area contributed by atoms with E-state index in [0.29, 0.717) is 12.2 Å². The number of thioether (sulfide) groups is 1. The van der Waals surface area contributed by atoms with E-state index in [1.54, 1.807) is 0 Å². The number of nitrogens with two attached hydrogens (primary N) is 1. The summed E-state index contributed by atoms with van der Waals surface area (Å²) in [6.07, 6.45) is 2.95. The largest absolute Gasteiger partial charge is 0.383 e. The molecule has 1 aliphatic heterocycles. The van der Waals surface area contributed by atoms with Gasteiger partial charge in [-0.25, -0.2) is 4.79 Å². The maximum absolute atomic E-state index is 11.9. The lowest BCUT2D eigenvalue weighted by molar-refractivity contribution is 0.637. The van der Waals surface area contributed by atoms with E-state index in [1.807, 2.05) is 18.7 Å². The molecule has 2 rings (SSSR count). The molecule has 1 unspecified atom stereocenters. The summed E-state index contributed by atoms with van der Waals surface area (Å²) in [5, 5.41) is 3.19. The molecule has 0 aliphatic carbocycles. The Morgan fingerprint density at radius 1 is 1.53 bits per heavy atom. The highest BCUT2D eigenvalue weighted by molar-refractivity contribution is 7.99. The number of hydrogen-bond donors (Lipinski definition) is 3. The molecule has 1 saturated heterocycles. The van der Waals surface area contributed by atoms with E-state index in [-0.39, 0.29) is 11.9 Å². The topological polar surface area (TPSA) is 92.9 Å². The molecule has 0 bridgehead atoms. The summed E-state index contributed by atoms with van der Waals surface area (Å²) in [5.41, 5.74) is 5.43. The van der Waals surface area contributed by atoms with Gasteiger partial charge in [0.05, 0.1) is 0 Å². The number of H-pyrrole nitrogens is 1. The molecule has 0 saturated carbocycles. The quantitative estimate of drug-likeness (QED) is 0.762. The molecule has 1 atom stereocenters. The number of aromatic nitrogens is 2. The minimum atomic E-state index is -0.437. The zero-order valence-corrected chi connectivity index (χ0v) is 11.9. The van der Waals surface area contributed by atoms with E-state index in [2.05, 4.69) is 10.3 Å². The summed E-state index contributed by atoms with van der Waals surface area (Å²) in [7, 11) is 0. The molecular weight excluding hydrogens is 264 g/mol. The van der Waals surface area contributed by atoms with Gasteiger partial charge in [-0.05, 0) is 25.0 Å². The van der Waals surface area contributed by atoms with Crippen molar-refractivity contribution >= 4 is 23.3 Å². The number of nitrogen functional groups attached to an aromatic ring is 1. The zero-order valence-electron chi connectivity index (χ0n) is 11.1. The Bertz CT molecular complexity index is 546. The maximum atomic E-state index is 11.9. The van der Waals surface area contributed by atoms with Crippen molar-refractivity contribution in [2.75, 3.05) is 22.6 Å². The van der Waals surface area contributed by atoms with E-state index in [4.69, 9.17) is 5.73 Å². The summed E-state index contributed by atoms with van der Waals surface area (Å²) in [6.45, 7) is 2.47. The van der Waals surface area contributed by atoms with Gasteiger partial charge in [0.1, 0.15) is 11.5 Å². The number of rotatable bonds is 4. The van der Waals surface area contributed by atoms with Crippen molar-refractivity contribution in [3.05, 3.63) is 20.8 Å². The molecule has 1 aromatic heterocycles. The van der Waals surface area contributed by atoms with Crippen LogP contribution >= 0.6 is 11.8 Å². The first-order valence-corrected chi connectivity index (χ1v) is 7.75. The Morgan fingerprint density at radius 2 is 2.32 bits per heavy atom. The highest BCUT2D eigenvalue weighted by Gasteiger charge is 2.18. The molecule has 0 radical (unpaired) electrons. The lowest BCUT2D eigenvalue weighted by Crippen LogP contribution is -2.37. The minimum Gasteiger partial charge on any atom is -0.383 e. The van der Waals surface area contributed by atoms with Crippen molar-refractivity contribution in [3.8, 4) is 0 Å². The molecule has 1 aromatic rings. The molecule has 19 heavy (non-hydrogen) atoms. The van der Waals surface area contributed by atoms with Crippen LogP contribution in [0.1, 0.15) is 26.2 Å². The van der Waals surface area contributed by atoms with Gasteiger partial charge in [-0.15, -0.1) is 0 Å². The van der Waals surface area contributed by atoms with Crippen LogP contribution in [-0.2, 0) is 6.54 Å². The van der Waals surface area contributed by atoms with E-state index >= 15 is 0 Å². The third-order valence-corrected chi connectivity index (χ3v) is 4.41. The zero-order chi connectivity index (χ0) is 13.8. The van der Waals surface area contributed by atoms with Crippen LogP contribution in [0.2, 0.25) is 0 Å². The molecule has 1 fully saturated rings. The second-order valence-electron chi connectivity index (χ2n) is 4.73. The first-order chi connectivity index (χ1) is 9.13. The van der Waals surface area contributed by atoms with Crippen LogP contribution in [0.4, 0.5) is 11.5 Å². The van der Waals surface area contributed by atoms with Gasteiger partial charge in [0.2, 0.25) is 0 Å². The highest BCUT2D eigenvalue weighted by Crippen LogP contribution is 2.21. The van der Waals surface area contributed by atoms with E-state index < -0.39 is 11.2 Å². The molecule has 4 N–H and O–H groups in total. The SMILES string of the molecule is CCCn1c(N)c(NC2CCCSC2)c(=O)[nH]c1=O. The number of aromatic amines is 1. The molecule has 0 aromatic carbocycles. The van der Waals surface area contributed by atoms with E-state index in [1.165, 1.54) is 10.3 Å². The van der Waals surface area contributed by atoms with Gasteiger partial charge < -0.3 is 11.1 Å². The number of nitrogens with one attached hydrogen (secondary N) is 2. The molecule has 2 heterocycles. The van der Waals surface area contributed by atoms with Gasteiger partial charge in [-0.1, -0.05) is 6.92 Å². The summed E-state index contributed by atoms with van der Waals surface area (Å²) >= 11 is 1.87. The van der Waals surface area contributed by atoms with Crippen LogP contribution in [-0.4, -0.2) is 27.1 Å². The predicted molar refractivity (Wildman–Crippen MR) is 80.0 cm³/mol. The van der Waals surface area contributed by atoms with Crippen molar-refractivity contribution in [3.63, 3.8) is 0 Å². The van der Waals surface area contributed by atoms with Crippen molar-refractivity contribution in [1.29, 1.82) is 0 Å². The summed E-state index contributed by atoms with van der Waals surface area (Å²) in [5.74, 6) is 2.37. The standard InChI is InChI=1S/C12H20N4O2S/c1-2-5-16-10(13)9(11(17)15-12(16)18)14-8-4-3-6-19-7-8/h8,14H,2-7,13H2,1H3,(H,15,17,18). The van der Waals surface area contributed by atoms with Gasteiger partial charge in [0.15, 0.2) is 0 Å². The van der Waals surface area contributed by atoms with Crippen LogP contribution in [0, 0.1) is 0 Å². The molecule has 6 nitrogen and oxygen atoms in total. The summed E-state index contributed by atoms with van der Waals surface area (Å²) in [6, 6.07) is 0.245. The van der Waals surface area contributed by atoms with Gasteiger partial charge in [0, 0.05) is 18.3 Å². The lowest BCUT2D eigenvalue weighted by Gasteiger charge is -2.24. The fraction of sp³-hybridized carbons (Fsp3) is 0.667. The average molecular weight is 284 g/mol. The first-order valence-electron chi connectivity index (χ1n) is 6.60. The number of hydrogen-bond acceptors (Lipinski definition) is 5. The molecule has 0 amide bonds. The Hall–Kier alpha value is -1.37. The second-order valence-corrected chi connectivity index (χ2v) is 5.88. The lowest BCUT2D eigenvalue weighted by atomic mass is 10.2. The van der Waals surface area contributed by atoms with Crippen molar-refractivity contribution in [2.24, 2.45) is 0 Å². The smallest absolute Gasteiger partial charge is 0.330 e. The first kappa shape index (κ1) is 14.0. The van der Waals surface area contributed by atoms with Crippen molar-refractivity contribution in [1.82, 2.24) is 9.55 Å². The van der Waals surface area contributed by atoms with Crippen LogP contribution in [0.5, 0.6) is 0 Å². The van der Waals surface area contributed by atoms with Gasteiger partial charge >= 0.3 is 5.69 Å². The second kappa shape index (κ2) is 6.18. The van der Waals surface area contributed by atoms with E-state index in [0.717, 1.165) is 25.0 Å². The van der Waals surface area contributed by atoms with Crippen LogP contribution in [0.15, 0.2) is 9.59 Å². The average Bonchev–Trinajstić information content (AvgIpc) is 2.41. The molecule has 0 spiro atoms.